The highest BCUT2D eigenvalue weighted by Crippen LogP contribution is 2.08. The molecule has 0 amide bonds. The molecule has 0 aliphatic heterocycles. The Labute approximate surface area is 145 Å². The second kappa shape index (κ2) is 20.7. The van der Waals surface area contributed by atoms with Gasteiger partial charge in [-0.25, -0.2) is 0 Å². The summed E-state index contributed by atoms with van der Waals surface area (Å²) in [6.07, 6.45) is 17.2. The molecule has 0 bridgehead atoms. The molecule has 0 saturated heterocycles. The molecule has 0 rings (SSSR count). The van der Waals surface area contributed by atoms with Gasteiger partial charge in [-0.05, 0) is 12.8 Å². The quantitative estimate of drug-likeness (QED) is 0.147. The van der Waals surface area contributed by atoms with Gasteiger partial charge in [0.2, 0.25) is 0 Å². The van der Waals surface area contributed by atoms with Crippen LogP contribution in [-0.2, 0) is 9.47 Å². The van der Waals surface area contributed by atoms with Gasteiger partial charge in [0.15, 0.2) is 0 Å². The maximum absolute atomic E-state index is 5.74. The summed E-state index contributed by atoms with van der Waals surface area (Å²) in [5.41, 5.74) is 0. The van der Waals surface area contributed by atoms with Crippen molar-refractivity contribution in [2.24, 2.45) is 0 Å². The number of ether oxygens (including phenoxy) is 2. The zero-order chi connectivity index (χ0) is 15.4. The summed E-state index contributed by atoms with van der Waals surface area (Å²) < 4.78 is 12.1. The molecule has 0 heterocycles. The number of hydrogen-bond donors (Lipinski definition) is 0. The van der Waals surface area contributed by atoms with Gasteiger partial charge in [-0.15, -0.1) is 4.55 Å². The second-order valence-corrected chi connectivity index (χ2v) is 7.72. The van der Waals surface area contributed by atoms with Crippen LogP contribution in [0.25, 0.3) is 0 Å². The Morgan fingerprint density at radius 1 is 0.810 bits per heavy atom. The third-order valence-electron chi connectivity index (χ3n) is 3.41. The molecule has 0 radical (unpaired) electrons. The summed E-state index contributed by atoms with van der Waals surface area (Å²) >= 11 is -0.282. The molecular weight excluding hydrogens is 296 g/mol. The first-order valence-corrected chi connectivity index (χ1v) is 11.9. The Balaban J connectivity index is 2.98. The third kappa shape index (κ3) is 20.7. The summed E-state index contributed by atoms with van der Waals surface area (Å²) in [6, 6.07) is 0. The van der Waals surface area contributed by atoms with Crippen LogP contribution < -0.4 is 0 Å². The molecular formula is C17H33ClMgO2. The molecule has 4 heteroatoms. The van der Waals surface area contributed by atoms with E-state index in [0.29, 0.717) is 6.79 Å². The largest absolute Gasteiger partial charge is 0.501 e. The molecule has 0 aliphatic carbocycles. The van der Waals surface area contributed by atoms with Crippen molar-refractivity contribution in [1.29, 1.82) is 0 Å². The number of rotatable bonds is 17. The van der Waals surface area contributed by atoms with Crippen molar-refractivity contribution < 1.29 is 9.47 Å². The van der Waals surface area contributed by atoms with Crippen molar-refractivity contribution >= 4 is 28.3 Å². The minimum Gasteiger partial charge on any atom is -0.355 e. The SMILES string of the molecule is CCCCCCCCCCOCOCC/C=C/C[CH2][Mg][Cl]. The van der Waals surface area contributed by atoms with Crippen molar-refractivity contribution in [2.45, 2.75) is 75.7 Å². The Hall–Kier alpha value is 0.716. The second-order valence-electron chi connectivity index (χ2n) is 5.50. The van der Waals surface area contributed by atoms with Gasteiger partial charge in [-0.3, -0.25) is 0 Å². The standard InChI is InChI=1S/C17H33O2.ClH.Mg/c1-3-5-7-9-10-11-12-14-16-19-17-18-15-13-8-6-4-2;;/h6,8H,2-5,7,9-17H2,1H3;1H;/q;;+1/p-1/b8-6+;;. The lowest BCUT2D eigenvalue weighted by molar-refractivity contribution is -0.0531. The van der Waals surface area contributed by atoms with E-state index in [1.165, 1.54) is 55.9 Å². The average Bonchev–Trinajstić information content (AvgIpc) is 2.50. The fraction of sp³-hybridized carbons (Fsp3) is 0.882. The van der Waals surface area contributed by atoms with Crippen LogP contribution in [0.15, 0.2) is 12.2 Å². The van der Waals surface area contributed by atoms with Crippen LogP contribution in [0.1, 0.15) is 71.1 Å². The van der Waals surface area contributed by atoms with Gasteiger partial charge in [0.05, 0.1) is 6.61 Å². The molecule has 0 aromatic rings. The van der Waals surface area contributed by atoms with Crippen LogP contribution in [0.3, 0.4) is 0 Å². The molecule has 122 valence electrons. The first-order chi connectivity index (χ1) is 10.4. The highest BCUT2D eigenvalue weighted by atomic mass is 35.5. The predicted octanol–water partition coefficient (Wildman–Crippen LogP) is 5.73. The van der Waals surface area contributed by atoms with Crippen LogP contribution >= 0.6 is 9.07 Å². The molecule has 0 atom stereocenters. The van der Waals surface area contributed by atoms with Crippen molar-refractivity contribution in [3.8, 4) is 0 Å². The van der Waals surface area contributed by atoms with E-state index in [9.17, 15) is 0 Å². The molecule has 0 unspecified atom stereocenters. The van der Waals surface area contributed by atoms with Crippen LogP contribution in [0.5, 0.6) is 0 Å². The highest BCUT2D eigenvalue weighted by molar-refractivity contribution is 6.93. The maximum Gasteiger partial charge on any atom is 0.501 e. The lowest BCUT2D eigenvalue weighted by Gasteiger charge is -2.05. The molecule has 21 heavy (non-hydrogen) atoms. The third-order valence-corrected chi connectivity index (χ3v) is 4.89. The van der Waals surface area contributed by atoms with Crippen LogP contribution in [0.4, 0.5) is 0 Å². The number of allylic oxidation sites excluding steroid dienone is 1. The van der Waals surface area contributed by atoms with Crippen molar-refractivity contribution in [1.82, 2.24) is 0 Å². The minimum absolute atomic E-state index is 0.282. The van der Waals surface area contributed by atoms with Gasteiger partial charge in [0.1, 0.15) is 6.79 Å². The van der Waals surface area contributed by atoms with Gasteiger partial charge < -0.3 is 18.5 Å². The molecule has 0 aromatic heterocycles. The monoisotopic (exact) mass is 328 g/mol. The summed E-state index contributed by atoms with van der Waals surface area (Å²) in [6.45, 7) is 4.30. The lowest BCUT2D eigenvalue weighted by atomic mass is 10.1. The number of halogens is 1. The Kier molecular flexibility index (Phi) is 21.4. The van der Waals surface area contributed by atoms with E-state index >= 15 is 0 Å². The van der Waals surface area contributed by atoms with Gasteiger partial charge in [-0.2, -0.15) is 0 Å². The maximum atomic E-state index is 5.74. The van der Waals surface area contributed by atoms with E-state index in [1.54, 1.807) is 0 Å². The number of unbranched alkanes of at least 4 members (excludes halogenated alkanes) is 7. The Morgan fingerprint density at radius 2 is 1.43 bits per heavy atom. The smallest absolute Gasteiger partial charge is 0.355 e. The molecule has 0 aromatic carbocycles. The normalized spacial score (nSPS) is 11.1. The van der Waals surface area contributed by atoms with Crippen molar-refractivity contribution in [3.63, 3.8) is 0 Å². The Bertz CT molecular complexity index is 213. The topological polar surface area (TPSA) is 18.5 Å². The molecule has 0 fully saturated rings. The van der Waals surface area contributed by atoms with E-state index in [1.807, 2.05) is 0 Å². The fourth-order valence-electron chi connectivity index (χ4n) is 2.10. The highest BCUT2D eigenvalue weighted by Gasteiger charge is 1.92. The van der Waals surface area contributed by atoms with E-state index < -0.39 is 0 Å². The van der Waals surface area contributed by atoms with Crippen LogP contribution in [-0.4, -0.2) is 39.3 Å². The van der Waals surface area contributed by atoms with E-state index in [-0.39, 0.29) is 19.3 Å². The van der Waals surface area contributed by atoms with Crippen molar-refractivity contribution in [3.05, 3.63) is 12.2 Å². The zero-order valence-corrected chi connectivity index (χ0v) is 16.1. The van der Waals surface area contributed by atoms with Gasteiger partial charge in [0.25, 0.3) is 0 Å². The van der Waals surface area contributed by atoms with Gasteiger partial charge >= 0.3 is 19.3 Å². The molecule has 0 saturated carbocycles. The fourth-order valence-corrected chi connectivity index (χ4v) is 2.95. The summed E-state index contributed by atoms with van der Waals surface area (Å²) in [4.78, 5) is 0. The number of hydrogen-bond acceptors (Lipinski definition) is 2. The molecule has 0 N–H and O–H groups in total. The van der Waals surface area contributed by atoms with Gasteiger partial charge in [-0.1, -0.05) is 70.4 Å². The summed E-state index contributed by atoms with van der Waals surface area (Å²) in [7, 11) is 5.74. The average molecular weight is 329 g/mol. The summed E-state index contributed by atoms with van der Waals surface area (Å²) in [5.74, 6) is 0. The molecule has 2 nitrogen and oxygen atoms in total. The first kappa shape index (κ1) is 21.7. The predicted molar refractivity (Wildman–Crippen MR) is 94.2 cm³/mol. The van der Waals surface area contributed by atoms with Crippen LogP contribution in [0.2, 0.25) is 4.55 Å². The van der Waals surface area contributed by atoms with E-state index in [4.69, 9.17) is 18.5 Å². The summed E-state index contributed by atoms with van der Waals surface area (Å²) in [5, 5.41) is 0. The van der Waals surface area contributed by atoms with Crippen LogP contribution in [0, 0.1) is 0 Å². The van der Waals surface area contributed by atoms with Gasteiger partial charge in [0, 0.05) is 6.61 Å². The van der Waals surface area contributed by atoms with Crippen molar-refractivity contribution in [2.75, 3.05) is 20.0 Å². The molecule has 0 spiro atoms. The van der Waals surface area contributed by atoms with E-state index in [0.717, 1.165) is 26.1 Å². The van der Waals surface area contributed by atoms with E-state index in [2.05, 4.69) is 19.1 Å². The minimum atomic E-state index is -0.282. The molecule has 0 aliphatic rings. The first-order valence-electron chi connectivity index (χ1n) is 8.78. The zero-order valence-electron chi connectivity index (χ0n) is 14.0. The Morgan fingerprint density at radius 3 is 2.14 bits per heavy atom. The lowest BCUT2D eigenvalue weighted by Crippen LogP contribution is -2.02.